The normalized spacial score (nSPS) is 32.3. The number of esters is 3. The molecule has 3 rings (SSSR count). The van der Waals surface area contributed by atoms with Crippen molar-refractivity contribution in [1.29, 1.82) is 0 Å². The van der Waals surface area contributed by atoms with Gasteiger partial charge in [0, 0.05) is 37.3 Å². The van der Waals surface area contributed by atoms with Gasteiger partial charge in [-0.1, -0.05) is 18.2 Å². The van der Waals surface area contributed by atoms with Crippen LogP contribution in [0.15, 0.2) is 35.6 Å². The Morgan fingerprint density at radius 3 is 2.61 bits per heavy atom. The van der Waals surface area contributed by atoms with Crippen molar-refractivity contribution in [1.82, 2.24) is 0 Å². The number of carbonyl (C=O) groups is 3. The Morgan fingerprint density at radius 1 is 1.24 bits per heavy atom. The maximum Gasteiger partial charge on any atom is 0.333 e. The fourth-order valence-corrected chi connectivity index (χ4v) is 4.90. The van der Waals surface area contributed by atoms with Gasteiger partial charge < -0.3 is 23.7 Å². The zero-order valence-corrected chi connectivity index (χ0v) is 20.1. The van der Waals surface area contributed by atoms with Crippen LogP contribution in [-0.4, -0.2) is 49.1 Å². The Kier molecular flexibility index (Phi) is 7.67. The van der Waals surface area contributed by atoms with Crippen molar-refractivity contribution in [3.63, 3.8) is 0 Å². The van der Waals surface area contributed by atoms with Gasteiger partial charge in [0.25, 0.3) is 0 Å². The minimum Gasteiger partial charge on any atom is -0.466 e. The quantitative estimate of drug-likeness (QED) is 0.193. The summed E-state index contributed by atoms with van der Waals surface area (Å²) in [5, 5.41) is 0. The van der Waals surface area contributed by atoms with E-state index in [0.717, 1.165) is 36.8 Å². The number of methoxy groups -OCH3 is 1. The van der Waals surface area contributed by atoms with Crippen molar-refractivity contribution in [2.45, 2.75) is 83.9 Å². The largest absolute Gasteiger partial charge is 0.466 e. The Bertz CT molecular complexity index is 872. The number of carbonyl (C=O) groups excluding carboxylic acids is 3. The second kappa shape index (κ2) is 10.1. The molecule has 1 saturated carbocycles. The average Bonchev–Trinajstić information content (AvgIpc) is 3.40. The second-order valence-corrected chi connectivity index (χ2v) is 9.23. The molecule has 0 radical (unpaired) electrons. The molecule has 0 aromatic heterocycles. The molecule has 1 unspecified atom stereocenters. The van der Waals surface area contributed by atoms with Gasteiger partial charge in [-0.2, -0.15) is 0 Å². The van der Waals surface area contributed by atoms with E-state index in [1.807, 2.05) is 0 Å². The number of rotatable bonds is 6. The fourth-order valence-electron chi connectivity index (χ4n) is 4.90. The minimum absolute atomic E-state index is 0.133. The van der Waals surface area contributed by atoms with Gasteiger partial charge in [-0.3, -0.25) is 9.59 Å². The van der Waals surface area contributed by atoms with Crippen LogP contribution in [0.1, 0.15) is 59.8 Å². The molecule has 6 atom stereocenters. The zero-order chi connectivity index (χ0) is 24.3. The molecular formula is C25H34O8. The topological polar surface area (TPSA) is 101 Å². The van der Waals surface area contributed by atoms with E-state index in [1.165, 1.54) is 21.0 Å². The Hall–Kier alpha value is -2.61. The first-order valence-corrected chi connectivity index (χ1v) is 11.4. The molecule has 1 aliphatic carbocycles. The molecule has 2 fully saturated rings. The highest BCUT2D eigenvalue weighted by Gasteiger charge is 2.54. The van der Waals surface area contributed by atoms with Crippen LogP contribution in [-0.2, 0) is 38.1 Å². The molecule has 8 nitrogen and oxygen atoms in total. The third-order valence-electron chi connectivity index (χ3n) is 6.79. The molecule has 1 saturated heterocycles. The van der Waals surface area contributed by atoms with Gasteiger partial charge in [-0.05, 0) is 39.5 Å². The Morgan fingerprint density at radius 2 is 1.97 bits per heavy atom. The first kappa shape index (κ1) is 25.0. The number of epoxide rings is 1. The highest BCUT2D eigenvalue weighted by Crippen LogP contribution is 2.50. The molecule has 0 aromatic carbocycles. The molecule has 2 aliphatic heterocycles. The minimum atomic E-state index is -0.794. The van der Waals surface area contributed by atoms with Crippen molar-refractivity contribution < 1.29 is 38.1 Å². The maximum absolute atomic E-state index is 11.9. The van der Waals surface area contributed by atoms with Gasteiger partial charge in [0.05, 0.1) is 31.0 Å². The lowest BCUT2D eigenvalue weighted by Crippen LogP contribution is -2.41. The zero-order valence-electron chi connectivity index (χ0n) is 20.1. The van der Waals surface area contributed by atoms with Crippen LogP contribution in [0.4, 0.5) is 0 Å². The molecule has 0 amide bonds. The summed E-state index contributed by atoms with van der Waals surface area (Å²) in [6.45, 7) is 10.8. The molecule has 0 spiro atoms. The maximum atomic E-state index is 11.9. The molecule has 8 heteroatoms. The van der Waals surface area contributed by atoms with Crippen LogP contribution < -0.4 is 0 Å². The van der Waals surface area contributed by atoms with E-state index in [4.69, 9.17) is 23.7 Å². The number of fused-ring (bicyclic) bond motifs is 2. The van der Waals surface area contributed by atoms with E-state index in [9.17, 15) is 14.4 Å². The first-order valence-electron chi connectivity index (χ1n) is 11.4. The number of hydrogen-bond acceptors (Lipinski definition) is 8. The molecule has 0 bridgehead atoms. The molecule has 0 aromatic rings. The standard InChI is InChI=1S/C25H34O8/c1-14-8-10-21-25(5,33-21)12-11-18-19(13-30-24(22(14)18)32-17(4)27)20(31-16(3)26)9-7-15(2)23(28)29-6/h7,13,18,20-22,24H,1,8-12H2,2-6H3/b15-7+/t18-,20?,21+,22+,24-,25+/m1/s1. The Labute approximate surface area is 194 Å². The SMILES string of the molecule is C=C1CC[C@@H]2O[C@@]2(C)CC[C@@H]2C(C(C/C=C(\C)C(=O)OC)OC(C)=O)=CO[C@H](OC(C)=O)[C@@H]12. The first-order chi connectivity index (χ1) is 15.6. The van der Waals surface area contributed by atoms with Crippen molar-refractivity contribution >= 4 is 17.9 Å². The fraction of sp³-hybridized carbons (Fsp3) is 0.640. The van der Waals surface area contributed by atoms with Crippen molar-refractivity contribution in [3.8, 4) is 0 Å². The van der Waals surface area contributed by atoms with Crippen molar-refractivity contribution in [2.75, 3.05) is 7.11 Å². The van der Waals surface area contributed by atoms with E-state index < -0.39 is 30.3 Å². The highest BCUT2D eigenvalue weighted by atomic mass is 16.7. The molecular weight excluding hydrogens is 428 g/mol. The summed E-state index contributed by atoms with van der Waals surface area (Å²) in [6, 6.07) is 0. The van der Waals surface area contributed by atoms with Gasteiger partial charge in [-0.25, -0.2) is 4.79 Å². The summed E-state index contributed by atoms with van der Waals surface area (Å²) < 4.78 is 27.8. The predicted molar refractivity (Wildman–Crippen MR) is 119 cm³/mol. The summed E-state index contributed by atoms with van der Waals surface area (Å²) >= 11 is 0. The lowest BCUT2D eigenvalue weighted by Gasteiger charge is -2.40. The average molecular weight is 463 g/mol. The smallest absolute Gasteiger partial charge is 0.333 e. The van der Waals surface area contributed by atoms with Gasteiger partial charge in [0.1, 0.15) is 6.10 Å². The lowest BCUT2D eigenvalue weighted by atomic mass is 9.74. The van der Waals surface area contributed by atoms with Gasteiger partial charge >= 0.3 is 17.9 Å². The molecule has 33 heavy (non-hydrogen) atoms. The molecule has 0 N–H and O–H groups in total. The Balaban J connectivity index is 1.96. The summed E-state index contributed by atoms with van der Waals surface area (Å²) in [5.74, 6) is -1.73. The lowest BCUT2D eigenvalue weighted by molar-refractivity contribution is -0.181. The summed E-state index contributed by atoms with van der Waals surface area (Å²) in [5.41, 5.74) is 1.92. The molecule has 182 valence electrons. The van der Waals surface area contributed by atoms with Gasteiger partial charge in [0.15, 0.2) is 0 Å². The number of ether oxygens (including phenoxy) is 5. The van der Waals surface area contributed by atoms with Crippen LogP contribution in [0.5, 0.6) is 0 Å². The van der Waals surface area contributed by atoms with Crippen LogP contribution in [0.25, 0.3) is 0 Å². The van der Waals surface area contributed by atoms with Crippen LogP contribution in [0.2, 0.25) is 0 Å². The third kappa shape index (κ3) is 5.85. The van der Waals surface area contributed by atoms with Crippen molar-refractivity contribution in [2.24, 2.45) is 11.8 Å². The summed E-state index contributed by atoms with van der Waals surface area (Å²) in [6.07, 6.45) is 5.35. The number of hydrogen-bond donors (Lipinski definition) is 0. The molecule has 3 aliphatic rings. The van der Waals surface area contributed by atoms with Gasteiger partial charge in [-0.15, -0.1) is 0 Å². The summed E-state index contributed by atoms with van der Waals surface area (Å²) in [7, 11) is 1.32. The third-order valence-corrected chi connectivity index (χ3v) is 6.79. The molecule has 2 heterocycles. The monoisotopic (exact) mass is 462 g/mol. The van der Waals surface area contributed by atoms with E-state index in [-0.39, 0.29) is 30.0 Å². The van der Waals surface area contributed by atoms with Crippen molar-refractivity contribution in [3.05, 3.63) is 35.6 Å². The summed E-state index contributed by atoms with van der Waals surface area (Å²) in [4.78, 5) is 35.5. The van der Waals surface area contributed by atoms with E-state index >= 15 is 0 Å². The van der Waals surface area contributed by atoms with E-state index in [2.05, 4.69) is 13.5 Å². The van der Waals surface area contributed by atoms with Crippen LogP contribution in [0, 0.1) is 11.8 Å². The van der Waals surface area contributed by atoms with Crippen LogP contribution in [0.3, 0.4) is 0 Å². The van der Waals surface area contributed by atoms with E-state index in [1.54, 1.807) is 19.3 Å². The predicted octanol–water partition coefficient (Wildman–Crippen LogP) is 3.75. The highest BCUT2D eigenvalue weighted by molar-refractivity contribution is 5.87. The van der Waals surface area contributed by atoms with Crippen LogP contribution >= 0.6 is 0 Å². The van der Waals surface area contributed by atoms with E-state index in [0.29, 0.717) is 5.57 Å². The van der Waals surface area contributed by atoms with Gasteiger partial charge in [0.2, 0.25) is 6.29 Å². The second-order valence-electron chi connectivity index (χ2n) is 9.23.